The minimum Gasteiger partial charge on any atom is -0.403 e. The predicted octanol–water partition coefficient (Wildman–Crippen LogP) is 2.28. The van der Waals surface area contributed by atoms with E-state index in [1.807, 2.05) is 18.2 Å². The van der Waals surface area contributed by atoms with Crippen LogP contribution in [0.15, 0.2) is 42.6 Å². The van der Waals surface area contributed by atoms with Gasteiger partial charge in [-0.1, -0.05) is 36.4 Å². The molecule has 0 spiro atoms. The van der Waals surface area contributed by atoms with Crippen LogP contribution in [0.25, 0.3) is 5.70 Å². The predicted molar refractivity (Wildman–Crippen MR) is 84.5 cm³/mol. The van der Waals surface area contributed by atoms with Crippen LogP contribution in [-0.2, 0) is 0 Å². The normalized spacial score (nSPS) is 27.9. The van der Waals surface area contributed by atoms with Crippen molar-refractivity contribution in [3.05, 3.63) is 53.7 Å². The molecule has 0 amide bonds. The zero-order valence-corrected chi connectivity index (χ0v) is 12.2. The maximum absolute atomic E-state index is 10.6. The molecule has 1 aliphatic carbocycles. The molecule has 1 heterocycles. The Labute approximate surface area is 125 Å². The number of allylic oxidation sites excluding steroid dienone is 2. The van der Waals surface area contributed by atoms with Crippen molar-refractivity contribution in [2.45, 2.75) is 37.8 Å². The molecule has 4 heteroatoms. The number of aliphatic hydroxyl groups is 1. The molecule has 0 fully saturated rings. The molecule has 21 heavy (non-hydrogen) atoms. The van der Waals surface area contributed by atoms with Gasteiger partial charge in [-0.15, -0.1) is 0 Å². The molecule has 1 aliphatic heterocycles. The quantitative estimate of drug-likeness (QED) is 0.588. The van der Waals surface area contributed by atoms with Crippen molar-refractivity contribution >= 4 is 5.70 Å². The van der Waals surface area contributed by atoms with E-state index in [2.05, 4.69) is 18.2 Å². The van der Waals surface area contributed by atoms with Gasteiger partial charge in [0.05, 0.1) is 17.8 Å². The number of benzene rings is 1. The Kier molecular flexibility index (Phi) is 3.99. The van der Waals surface area contributed by atoms with E-state index in [4.69, 9.17) is 11.6 Å². The van der Waals surface area contributed by atoms with Crippen molar-refractivity contribution in [2.75, 3.05) is 0 Å². The third-order valence-corrected chi connectivity index (χ3v) is 4.69. The number of aliphatic hydroxyl groups excluding tert-OH is 1. The minimum absolute atomic E-state index is 0.00286. The summed E-state index contributed by atoms with van der Waals surface area (Å²) in [5.74, 6) is 6.56. The van der Waals surface area contributed by atoms with Gasteiger partial charge in [-0.05, 0) is 37.2 Å². The highest BCUT2D eigenvalue weighted by atomic mass is 16.3. The molecular weight excluding hydrogens is 262 g/mol. The molecule has 1 aromatic rings. The average molecular weight is 285 g/mol. The molecule has 4 nitrogen and oxygen atoms in total. The summed E-state index contributed by atoms with van der Waals surface area (Å²) in [6, 6.07) is 8.10. The first-order valence-electron chi connectivity index (χ1n) is 7.60. The summed E-state index contributed by atoms with van der Waals surface area (Å²) in [7, 11) is 0. The van der Waals surface area contributed by atoms with Crippen molar-refractivity contribution in [3.63, 3.8) is 0 Å². The SMILES string of the molecule is N/C=C1/c2ccccc2C(CC(O)C2CC=CCC2)N1N. The highest BCUT2D eigenvalue weighted by Crippen LogP contribution is 2.42. The molecule has 0 saturated carbocycles. The molecule has 0 radical (unpaired) electrons. The third-order valence-electron chi connectivity index (χ3n) is 4.69. The fourth-order valence-electron chi connectivity index (χ4n) is 3.48. The highest BCUT2D eigenvalue weighted by Gasteiger charge is 2.34. The first-order valence-corrected chi connectivity index (χ1v) is 7.60. The van der Waals surface area contributed by atoms with Crippen LogP contribution in [0.1, 0.15) is 42.9 Å². The van der Waals surface area contributed by atoms with Gasteiger partial charge in [0, 0.05) is 11.8 Å². The van der Waals surface area contributed by atoms with Gasteiger partial charge < -0.3 is 15.8 Å². The summed E-state index contributed by atoms with van der Waals surface area (Å²) in [4.78, 5) is 0. The standard InChI is InChI=1S/C17H23N3O/c18-11-16-14-9-5-4-8-13(14)15(20(16)19)10-17(21)12-6-2-1-3-7-12/h1-2,4-5,8-9,11-12,15,17,21H,3,6-7,10,18-19H2/b16-11-. The van der Waals surface area contributed by atoms with Crippen molar-refractivity contribution in [2.24, 2.45) is 17.5 Å². The first-order chi connectivity index (χ1) is 10.2. The Bertz CT molecular complexity index is 567. The lowest BCUT2D eigenvalue weighted by molar-refractivity contribution is 0.0699. The second-order valence-electron chi connectivity index (χ2n) is 5.91. The summed E-state index contributed by atoms with van der Waals surface area (Å²) in [6.45, 7) is 0. The molecule has 2 aliphatic rings. The van der Waals surface area contributed by atoms with Gasteiger partial charge in [0.1, 0.15) is 0 Å². The van der Waals surface area contributed by atoms with Crippen molar-refractivity contribution in [1.29, 1.82) is 0 Å². The van der Waals surface area contributed by atoms with Gasteiger partial charge >= 0.3 is 0 Å². The van der Waals surface area contributed by atoms with Crippen LogP contribution >= 0.6 is 0 Å². The van der Waals surface area contributed by atoms with Crippen LogP contribution in [0.4, 0.5) is 0 Å². The van der Waals surface area contributed by atoms with Crippen LogP contribution < -0.4 is 11.6 Å². The Morgan fingerprint density at radius 3 is 2.86 bits per heavy atom. The minimum atomic E-state index is -0.337. The number of nitrogens with zero attached hydrogens (tertiary/aromatic N) is 1. The van der Waals surface area contributed by atoms with Crippen LogP contribution in [0.3, 0.4) is 0 Å². The molecule has 3 atom stereocenters. The second-order valence-corrected chi connectivity index (χ2v) is 5.91. The first kappa shape index (κ1) is 14.2. The monoisotopic (exact) mass is 285 g/mol. The van der Waals surface area contributed by atoms with Crippen LogP contribution in [0.2, 0.25) is 0 Å². The van der Waals surface area contributed by atoms with Gasteiger partial charge in [-0.2, -0.15) is 0 Å². The summed E-state index contributed by atoms with van der Waals surface area (Å²) in [6.07, 6.45) is 9.29. The summed E-state index contributed by atoms with van der Waals surface area (Å²) in [5, 5.41) is 12.3. The Morgan fingerprint density at radius 1 is 1.33 bits per heavy atom. The van der Waals surface area contributed by atoms with Crippen molar-refractivity contribution in [1.82, 2.24) is 5.01 Å². The largest absolute Gasteiger partial charge is 0.403 e. The van der Waals surface area contributed by atoms with E-state index in [9.17, 15) is 5.11 Å². The second kappa shape index (κ2) is 5.92. The number of hydrazine groups is 1. The molecule has 5 N–H and O–H groups in total. The highest BCUT2D eigenvalue weighted by molar-refractivity contribution is 5.71. The van der Waals surface area contributed by atoms with Crippen molar-refractivity contribution in [3.8, 4) is 0 Å². The molecule has 0 bridgehead atoms. The fourth-order valence-corrected chi connectivity index (χ4v) is 3.48. The van der Waals surface area contributed by atoms with E-state index in [1.165, 1.54) is 0 Å². The van der Waals surface area contributed by atoms with E-state index in [0.717, 1.165) is 36.1 Å². The summed E-state index contributed by atoms with van der Waals surface area (Å²) < 4.78 is 0. The van der Waals surface area contributed by atoms with Gasteiger partial charge in [0.15, 0.2) is 0 Å². The lowest BCUT2D eigenvalue weighted by Gasteiger charge is -2.29. The molecule has 3 rings (SSSR count). The number of hydrogen-bond donors (Lipinski definition) is 3. The van der Waals surface area contributed by atoms with Crippen LogP contribution in [-0.4, -0.2) is 16.2 Å². The van der Waals surface area contributed by atoms with E-state index < -0.39 is 0 Å². The van der Waals surface area contributed by atoms with E-state index in [-0.39, 0.29) is 12.1 Å². The molecule has 1 aromatic carbocycles. The number of nitrogens with two attached hydrogens (primary N) is 2. The maximum atomic E-state index is 10.6. The lowest BCUT2D eigenvalue weighted by Crippen LogP contribution is -2.33. The average Bonchev–Trinajstić information content (AvgIpc) is 2.80. The lowest BCUT2D eigenvalue weighted by atomic mass is 9.85. The van der Waals surface area contributed by atoms with Gasteiger partial charge in [0.25, 0.3) is 0 Å². The Morgan fingerprint density at radius 2 is 2.14 bits per heavy atom. The summed E-state index contributed by atoms with van der Waals surface area (Å²) in [5.41, 5.74) is 8.79. The van der Waals surface area contributed by atoms with Crippen LogP contribution in [0.5, 0.6) is 0 Å². The topological polar surface area (TPSA) is 75.5 Å². The van der Waals surface area contributed by atoms with Gasteiger partial charge in [0.2, 0.25) is 0 Å². The van der Waals surface area contributed by atoms with E-state index in [1.54, 1.807) is 11.2 Å². The Balaban J connectivity index is 1.80. The molecule has 0 aromatic heterocycles. The summed E-state index contributed by atoms with van der Waals surface area (Å²) >= 11 is 0. The van der Waals surface area contributed by atoms with Gasteiger partial charge in [-0.25, -0.2) is 5.84 Å². The number of hydrogen-bond acceptors (Lipinski definition) is 4. The van der Waals surface area contributed by atoms with Crippen LogP contribution in [0, 0.1) is 5.92 Å². The molecule has 112 valence electrons. The van der Waals surface area contributed by atoms with E-state index >= 15 is 0 Å². The number of rotatable bonds is 3. The molecular formula is C17H23N3O. The maximum Gasteiger partial charge on any atom is 0.0754 e. The van der Waals surface area contributed by atoms with E-state index in [0.29, 0.717) is 12.3 Å². The third kappa shape index (κ3) is 2.57. The van der Waals surface area contributed by atoms with Crippen molar-refractivity contribution < 1.29 is 5.11 Å². The Hall–Kier alpha value is -1.78. The smallest absolute Gasteiger partial charge is 0.0754 e. The fraction of sp³-hybridized carbons (Fsp3) is 0.412. The number of fused-ring (bicyclic) bond motifs is 1. The molecule has 3 unspecified atom stereocenters. The zero-order valence-electron chi connectivity index (χ0n) is 12.2. The zero-order chi connectivity index (χ0) is 14.8. The van der Waals surface area contributed by atoms with Gasteiger partial charge in [-0.3, -0.25) is 0 Å². The molecule has 0 saturated heterocycles.